The summed E-state index contributed by atoms with van der Waals surface area (Å²) >= 11 is 1.61. The Kier molecular flexibility index (Phi) is 6.01. The quantitative estimate of drug-likeness (QED) is 0.387. The lowest BCUT2D eigenvalue weighted by Crippen LogP contribution is -2.19. The average molecular weight is 417 g/mol. The van der Waals surface area contributed by atoms with Gasteiger partial charge in [0.25, 0.3) is 0 Å². The van der Waals surface area contributed by atoms with Crippen molar-refractivity contribution in [3.63, 3.8) is 0 Å². The van der Waals surface area contributed by atoms with E-state index in [2.05, 4.69) is 20.9 Å². The number of aromatic nitrogens is 1. The standard InChI is InChI=1S/C23H20N4O2S/c28-21(13-14-22-27-19-11-4-5-12-20(19)30-22)24-17-9-6-10-18(15-17)26-23(29)25-16-7-2-1-3-8-16/h1-12,15H,13-14H2,(H,24,28)(H2,25,26,29). The Bertz CT molecular complexity index is 1140. The zero-order valence-corrected chi connectivity index (χ0v) is 16.9. The predicted octanol–water partition coefficient (Wildman–Crippen LogP) is 5.51. The van der Waals surface area contributed by atoms with E-state index >= 15 is 0 Å². The Balaban J connectivity index is 1.30. The van der Waals surface area contributed by atoms with E-state index in [-0.39, 0.29) is 11.9 Å². The molecule has 0 aliphatic heterocycles. The van der Waals surface area contributed by atoms with E-state index in [0.29, 0.717) is 29.9 Å². The van der Waals surface area contributed by atoms with Gasteiger partial charge in [0.05, 0.1) is 15.2 Å². The fraction of sp³-hybridized carbons (Fsp3) is 0.0870. The molecule has 4 aromatic rings. The van der Waals surface area contributed by atoms with Crippen molar-refractivity contribution in [1.29, 1.82) is 0 Å². The number of fused-ring (bicyclic) bond motifs is 1. The minimum Gasteiger partial charge on any atom is -0.326 e. The van der Waals surface area contributed by atoms with Gasteiger partial charge in [0, 0.05) is 29.9 Å². The van der Waals surface area contributed by atoms with E-state index in [1.54, 1.807) is 35.6 Å². The lowest BCUT2D eigenvalue weighted by molar-refractivity contribution is -0.116. The number of nitrogens with one attached hydrogen (secondary N) is 3. The molecule has 6 nitrogen and oxygen atoms in total. The third kappa shape index (κ3) is 5.21. The minimum absolute atomic E-state index is 0.0971. The maximum absolute atomic E-state index is 12.3. The second-order valence-corrected chi connectivity index (χ2v) is 7.76. The molecule has 1 heterocycles. The van der Waals surface area contributed by atoms with Crippen molar-refractivity contribution in [2.24, 2.45) is 0 Å². The van der Waals surface area contributed by atoms with Crippen LogP contribution in [0.15, 0.2) is 78.9 Å². The molecule has 0 spiro atoms. The molecule has 0 bridgehead atoms. The highest BCUT2D eigenvalue weighted by molar-refractivity contribution is 7.18. The zero-order valence-electron chi connectivity index (χ0n) is 16.1. The fourth-order valence-corrected chi connectivity index (χ4v) is 3.93. The highest BCUT2D eigenvalue weighted by atomic mass is 32.1. The van der Waals surface area contributed by atoms with Crippen molar-refractivity contribution >= 4 is 50.6 Å². The summed E-state index contributed by atoms with van der Waals surface area (Å²) in [7, 11) is 0. The molecule has 3 aromatic carbocycles. The van der Waals surface area contributed by atoms with E-state index in [4.69, 9.17) is 0 Å². The van der Waals surface area contributed by atoms with E-state index in [1.165, 1.54) is 0 Å². The van der Waals surface area contributed by atoms with Gasteiger partial charge >= 0.3 is 6.03 Å². The Morgan fingerprint density at radius 2 is 1.43 bits per heavy atom. The van der Waals surface area contributed by atoms with E-state index in [0.717, 1.165) is 15.2 Å². The number of carbonyl (C=O) groups excluding carboxylic acids is 2. The van der Waals surface area contributed by atoms with Gasteiger partial charge in [-0.05, 0) is 42.5 Å². The number of benzene rings is 3. The number of urea groups is 1. The summed E-state index contributed by atoms with van der Waals surface area (Å²) in [6, 6.07) is 23.8. The van der Waals surface area contributed by atoms with Crippen molar-refractivity contribution < 1.29 is 9.59 Å². The molecule has 7 heteroatoms. The molecule has 0 radical (unpaired) electrons. The summed E-state index contributed by atoms with van der Waals surface area (Å²) in [5, 5.41) is 9.34. The largest absolute Gasteiger partial charge is 0.326 e. The number of aryl methyl sites for hydroxylation is 1. The summed E-state index contributed by atoms with van der Waals surface area (Å²) < 4.78 is 1.13. The third-order valence-corrected chi connectivity index (χ3v) is 5.44. The van der Waals surface area contributed by atoms with Crippen LogP contribution in [0, 0.1) is 0 Å². The third-order valence-electron chi connectivity index (χ3n) is 4.34. The topological polar surface area (TPSA) is 83.1 Å². The van der Waals surface area contributed by atoms with Gasteiger partial charge in [-0.2, -0.15) is 0 Å². The molecule has 3 amide bonds. The minimum atomic E-state index is -0.347. The van der Waals surface area contributed by atoms with Crippen LogP contribution in [0.2, 0.25) is 0 Å². The Morgan fingerprint density at radius 3 is 2.23 bits per heavy atom. The van der Waals surface area contributed by atoms with Crippen LogP contribution in [0.4, 0.5) is 21.9 Å². The van der Waals surface area contributed by atoms with Crippen LogP contribution in [0.25, 0.3) is 10.2 Å². The zero-order chi connectivity index (χ0) is 20.8. The van der Waals surface area contributed by atoms with Gasteiger partial charge in [0.2, 0.25) is 5.91 Å². The summed E-state index contributed by atoms with van der Waals surface area (Å²) in [6.07, 6.45) is 0.925. The molecule has 0 aliphatic rings. The van der Waals surface area contributed by atoms with Gasteiger partial charge in [0.1, 0.15) is 0 Å². The molecular weight excluding hydrogens is 396 g/mol. The summed E-state index contributed by atoms with van der Waals surface area (Å²) in [4.78, 5) is 29.0. The molecule has 0 atom stereocenters. The number of rotatable bonds is 6. The lowest BCUT2D eigenvalue weighted by atomic mass is 10.2. The van der Waals surface area contributed by atoms with Gasteiger partial charge in [-0.1, -0.05) is 36.4 Å². The first-order valence-corrected chi connectivity index (χ1v) is 10.3. The Labute approximate surface area is 178 Å². The van der Waals surface area contributed by atoms with Crippen LogP contribution in [-0.2, 0) is 11.2 Å². The monoisotopic (exact) mass is 416 g/mol. The summed E-state index contributed by atoms with van der Waals surface area (Å²) in [5.41, 5.74) is 2.88. The molecule has 150 valence electrons. The van der Waals surface area contributed by atoms with Crippen molar-refractivity contribution in [3.05, 3.63) is 83.9 Å². The smallest absolute Gasteiger partial charge is 0.323 e. The molecule has 0 aliphatic carbocycles. The van der Waals surface area contributed by atoms with Gasteiger partial charge in [-0.15, -0.1) is 11.3 Å². The van der Waals surface area contributed by atoms with Gasteiger partial charge in [0.15, 0.2) is 0 Å². The maximum atomic E-state index is 12.3. The molecule has 4 rings (SSSR count). The lowest BCUT2D eigenvalue weighted by Gasteiger charge is -2.10. The Morgan fingerprint density at radius 1 is 0.767 bits per heavy atom. The highest BCUT2D eigenvalue weighted by Gasteiger charge is 2.08. The number of thiazole rings is 1. The average Bonchev–Trinajstić information content (AvgIpc) is 3.16. The van der Waals surface area contributed by atoms with Crippen LogP contribution in [0.5, 0.6) is 0 Å². The van der Waals surface area contributed by atoms with Gasteiger partial charge in [-0.25, -0.2) is 9.78 Å². The molecule has 0 saturated heterocycles. The Hall–Kier alpha value is -3.71. The van der Waals surface area contributed by atoms with Crippen molar-refractivity contribution in [3.8, 4) is 0 Å². The first kappa shape index (κ1) is 19.6. The summed E-state index contributed by atoms with van der Waals surface area (Å²) in [5.74, 6) is -0.0971. The van der Waals surface area contributed by atoms with Crippen LogP contribution in [-0.4, -0.2) is 16.9 Å². The number of hydrogen-bond acceptors (Lipinski definition) is 4. The second kappa shape index (κ2) is 9.19. The number of para-hydroxylation sites is 2. The van der Waals surface area contributed by atoms with Crippen molar-refractivity contribution in [2.75, 3.05) is 16.0 Å². The van der Waals surface area contributed by atoms with E-state index in [9.17, 15) is 9.59 Å². The first-order chi connectivity index (χ1) is 14.7. The molecule has 0 saturated carbocycles. The fourth-order valence-electron chi connectivity index (χ4n) is 2.96. The normalized spacial score (nSPS) is 10.5. The van der Waals surface area contributed by atoms with Crippen LogP contribution in [0.3, 0.4) is 0 Å². The van der Waals surface area contributed by atoms with Crippen molar-refractivity contribution in [1.82, 2.24) is 4.98 Å². The molecular formula is C23H20N4O2S. The second-order valence-electron chi connectivity index (χ2n) is 6.65. The number of hydrogen-bond donors (Lipinski definition) is 3. The SMILES string of the molecule is O=C(CCc1nc2ccccc2s1)Nc1cccc(NC(=O)Nc2ccccc2)c1. The number of nitrogens with zero attached hydrogens (tertiary/aromatic N) is 1. The van der Waals surface area contributed by atoms with Crippen LogP contribution < -0.4 is 16.0 Å². The summed E-state index contributed by atoms with van der Waals surface area (Å²) in [6.45, 7) is 0. The molecule has 30 heavy (non-hydrogen) atoms. The van der Waals surface area contributed by atoms with Crippen LogP contribution in [0.1, 0.15) is 11.4 Å². The van der Waals surface area contributed by atoms with E-state index < -0.39 is 0 Å². The number of anilines is 3. The molecule has 0 fully saturated rings. The number of carbonyl (C=O) groups is 2. The van der Waals surface area contributed by atoms with Crippen molar-refractivity contribution in [2.45, 2.75) is 12.8 Å². The molecule has 1 aromatic heterocycles. The van der Waals surface area contributed by atoms with Gasteiger partial charge in [-0.3, -0.25) is 4.79 Å². The highest BCUT2D eigenvalue weighted by Crippen LogP contribution is 2.23. The molecule has 3 N–H and O–H groups in total. The first-order valence-electron chi connectivity index (χ1n) is 9.53. The number of amides is 3. The van der Waals surface area contributed by atoms with Crippen LogP contribution >= 0.6 is 11.3 Å². The molecule has 0 unspecified atom stereocenters. The predicted molar refractivity (Wildman–Crippen MR) is 122 cm³/mol. The maximum Gasteiger partial charge on any atom is 0.323 e. The van der Waals surface area contributed by atoms with E-state index in [1.807, 2.05) is 54.6 Å². The van der Waals surface area contributed by atoms with Gasteiger partial charge < -0.3 is 16.0 Å².